The Bertz CT molecular complexity index is 1310. The molecule has 4 heterocycles. The lowest BCUT2D eigenvalue weighted by molar-refractivity contribution is -0.169. The Morgan fingerprint density at radius 3 is 2.81 bits per heavy atom. The Labute approximate surface area is 210 Å². The van der Waals surface area contributed by atoms with Crippen molar-refractivity contribution in [1.29, 1.82) is 0 Å². The average Bonchev–Trinajstić information content (AvgIpc) is 3.30. The van der Waals surface area contributed by atoms with E-state index in [0.717, 1.165) is 0 Å². The van der Waals surface area contributed by atoms with E-state index in [1.165, 1.54) is 13.4 Å². The van der Waals surface area contributed by atoms with Gasteiger partial charge in [-0.05, 0) is 12.1 Å². The molecule has 1 N–H and O–H groups in total. The predicted molar refractivity (Wildman–Crippen MR) is 127 cm³/mol. The Balaban J connectivity index is 1.37. The van der Waals surface area contributed by atoms with Crippen molar-refractivity contribution in [2.24, 2.45) is 0 Å². The molecule has 9 nitrogen and oxygen atoms in total. The zero-order chi connectivity index (χ0) is 24.9. The van der Waals surface area contributed by atoms with Crippen LogP contribution in [-0.4, -0.2) is 73.1 Å². The number of likely N-dealkylation sites (tertiary alicyclic amines) is 1. The van der Waals surface area contributed by atoms with Crippen molar-refractivity contribution in [3.05, 3.63) is 35.6 Å². The fourth-order valence-corrected chi connectivity index (χ4v) is 4.80. The van der Waals surface area contributed by atoms with Crippen molar-refractivity contribution in [2.75, 3.05) is 45.5 Å². The highest BCUT2D eigenvalue weighted by Crippen LogP contribution is 2.46. The molecule has 0 bridgehead atoms. The van der Waals surface area contributed by atoms with Crippen molar-refractivity contribution >= 4 is 34.0 Å². The SMILES string of the molecule is COc1cc(O[C@H]2CCN(C3COC3)CC2(F)F)c2c(Nc3c(Cl)ccc4c3OCO4)ncnc2c1. The smallest absolute Gasteiger partial charge is 0.296 e. The summed E-state index contributed by atoms with van der Waals surface area (Å²) >= 11 is 6.44. The third kappa shape index (κ3) is 4.10. The Hall–Kier alpha value is -3.15. The number of benzene rings is 2. The first-order valence-corrected chi connectivity index (χ1v) is 11.8. The molecule has 1 atom stereocenters. The maximum Gasteiger partial charge on any atom is 0.296 e. The van der Waals surface area contributed by atoms with Crippen LogP contribution in [0.5, 0.6) is 23.0 Å². The highest BCUT2D eigenvalue weighted by Gasteiger charge is 2.49. The molecule has 2 saturated heterocycles. The quantitative estimate of drug-likeness (QED) is 0.512. The Morgan fingerprint density at radius 1 is 1.19 bits per heavy atom. The summed E-state index contributed by atoms with van der Waals surface area (Å²) in [5.74, 6) is -1.19. The molecule has 0 unspecified atom stereocenters. The molecule has 0 amide bonds. The molecule has 0 aliphatic carbocycles. The molecule has 36 heavy (non-hydrogen) atoms. The molecule has 3 aliphatic heterocycles. The zero-order valence-electron chi connectivity index (χ0n) is 19.3. The van der Waals surface area contributed by atoms with E-state index >= 15 is 8.78 Å². The number of alkyl halides is 2. The lowest BCUT2D eigenvalue weighted by atomic mass is 10.0. The van der Waals surface area contributed by atoms with Gasteiger partial charge in [-0.25, -0.2) is 18.7 Å². The summed E-state index contributed by atoms with van der Waals surface area (Å²) in [5, 5.41) is 3.96. The van der Waals surface area contributed by atoms with Crippen LogP contribution < -0.4 is 24.3 Å². The summed E-state index contributed by atoms with van der Waals surface area (Å²) in [6, 6.07) is 6.65. The number of anilines is 2. The van der Waals surface area contributed by atoms with Crippen LogP contribution in [0.15, 0.2) is 30.6 Å². The monoisotopic (exact) mass is 520 g/mol. The molecule has 1 aromatic heterocycles. The van der Waals surface area contributed by atoms with Crippen molar-refractivity contribution < 1.29 is 32.5 Å². The van der Waals surface area contributed by atoms with Crippen molar-refractivity contribution in [3.8, 4) is 23.0 Å². The van der Waals surface area contributed by atoms with Crippen LogP contribution in [0.4, 0.5) is 20.3 Å². The molecule has 2 aromatic carbocycles. The lowest BCUT2D eigenvalue weighted by Crippen LogP contribution is -2.60. The van der Waals surface area contributed by atoms with E-state index in [-0.39, 0.29) is 25.0 Å². The fourth-order valence-electron chi connectivity index (χ4n) is 4.61. The van der Waals surface area contributed by atoms with Crippen LogP contribution in [0.1, 0.15) is 6.42 Å². The first-order chi connectivity index (χ1) is 17.4. The van der Waals surface area contributed by atoms with Crippen LogP contribution in [0.25, 0.3) is 10.9 Å². The second-order valence-electron chi connectivity index (χ2n) is 8.84. The molecule has 0 radical (unpaired) electrons. The average molecular weight is 521 g/mol. The summed E-state index contributed by atoms with van der Waals surface area (Å²) in [6.07, 6.45) is 0.178. The number of nitrogens with zero attached hydrogens (tertiary/aromatic N) is 3. The van der Waals surface area contributed by atoms with E-state index in [1.54, 1.807) is 29.2 Å². The van der Waals surface area contributed by atoms with Gasteiger partial charge in [0, 0.05) is 25.1 Å². The first-order valence-electron chi connectivity index (χ1n) is 11.5. The molecule has 0 spiro atoms. The fraction of sp³-hybridized carbons (Fsp3) is 0.417. The number of hydrogen-bond acceptors (Lipinski definition) is 9. The zero-order valence-corrected chi connectivity index (χ0v) is 20.1. The number of nitrogens with one attached hydrogen (secondary N) is 1. The van der Waals surface area contributed by atoms with Crippen molar-refractivity contribution in [2.45, 2.75) is 24.5 Å². The molecule has 12 heteroatoms. The molecule has 0 saturated carbocycles. The van der Waals surface area contributed by atoms with Gasteiger partial charge in [0.15, 0.2) is 17.6 Å². The number of hydrogen-bond donors (Lipinski definition) is 1. The summed E-state index contributed by atoms with van der Waals surface area (Å²) in [6.45, 7) is 1.12. The maximum atomic E-state index is 15.2. The highest BCUT2D eigenvalue weighted by molar-refractivity contribution is 6.34. The minimum absolute atomic E-state index is 0.0298. The van der Waals surface area contributed by atoms with Gasteiger partial charge in [0.05, 0.1) is 48.8 Å². The van der Waals surface area contributed by atoms with Crippen molar-refractivity contribution in [3.63, 3.8) is 0 Å². The molecule has 6 rings (SSSR count). The van der Waals surface area contributed by atoms with Gasteiger partial charge in [-0.3, -0.25) is 4.90 Å². The van der Waals surface area contributed by atoms with E-state index < -0.39 is 18.6 Å². The van der Waals surface area contributed by atoms with Gasteiger partial charge in [0.25, 0.3) is 5.92 Å². The van der Waals surface area contributed by atoms with E-state index in [0.29, 0.717) is 64.4 Å². The van der Waals surface area contributed by atoms with Crippen LogP contribution in [0.3, 0.4) is 0 Å². The van der Waals surface area contributed by atoms with Gasteiger partial charge < -0.3 is 29.0 Å². The maximum absolute atomic E-state index is 15.2. The van der Waals surface area contributed by atoms with Crippen LogP contribution in [0.2, 0.25) is 5.02 Å². The van der Waals surface area contributed by atoms with Gasteiger partial charge in [-0.1, -0.05) is 11.6 Å². The number of aromatic nitrogens is 2. The van der Waals surface area contributed by atoms with E-state index in [9.17, 15) is 0 Å². The molecule has 3 aliphatic rings. The van der Waals surface area contributed by atoms with Gasteiger partial charge in [0.1, 0.15) is 29.3 Å². The topological polar surface area (TPSA) is 87.2 Å². The van der Waals surface area contributed by atoms with Gasteiger partial charge in [-0.2, -0.15) is 0 Å². The lowest BCUT2D eigenvalue weighted by Gasteiger charge is -2.44. The van der Waals surface area contributed by atoms with Gasteiger partial charge in [-0.15, -0.1) is 0 Å². The highest BCUT2D eigenvalue weighted by atomic mass is 35.5. The van der Waals surface area contributed by atoms with Gasteiger partial charge in [0.2, 0.25) is 6.79 Å². The number of piperidine rings is 1. The predicted octanol–water partition coefficient (Wildman–Crippen LogP) is 4.25. The number of ether oxygens (including phenoxy) is 5. The number of halogens is 3. The number of fused-ring (bicyclic) bond motifs is 2. The molecular weight excluding hydrogens is 498 g/mol. The summed E-state index contributed by atoms with van der Waals surface area (Å²) < 4.78 is 58.0. The first kappa shape index (κ1) is 23.3. The molecule has 2 fully saturated rings. The normalized spacial score (nSPS) is 21.3. The standard InChI is InChI=1S/C24H23ClF2N4O5/c1-32-14-6-16-20(18(7-14)36-19-4-5-31(10-24(19,26)27)13-8-33-9-13)23(29-11-28-16)30-21-15(25)2-3-17-22(21)35-12-34-17/h2-3,6-7,11,13,19H,4-5,8-10,12H2,1H3,(H,28,29,30)/t19-/m0/s1. The minimum Gasteiger partial charge on any atom is -0.497 e. The second-order valence-corrected chi connectivity index (χ2v) is 9.25. The van der Waals surface area contributed by atoms with E-state index in [2.05, 4.69) is 15.3 Å². The van der Waals surface area contributed by atoms with Crippen LogP contribution in [0, 0.1) is 0 Å². The second kappa shape index (κ2) is 9.06. The largest absolute Gasteiger partial charge is 0.497 e. The third-order valence-electron chi connectivity index (χ3n) is 6.61. The molecule has 190 valence electrons. The molecular formula is C24H23ClF2N4O5. The Morgan fingerprint density at radius 2 is 2.06 bits per heavy atom. The van der Waals surface area contributed by atoms with E-state index in [1.807, 2.05) is 0 Å². The summed E-state index contributed by atoms with van der Waals surface area (Å²) in [7, 11) is 1.49. The van der Waals surface area contributed by atoms with Crippen LogP contribution in [-0.2, 0) is 4.74 Å². The minimum atomic E-state index is -3.07. The Kier molecular flexibility index (Phi) is 5.85. The van der Waals surface area contributed by atoms with Crippen LogP contribution >= 0.6 is 11.6 Å². The summed E-state index contributed by atoms with van der Waals surface area (Å²) in [4.78, 5) is 10.4. The number of methoxy groups -OCH3 is 1. The third-order valence-corrected chi connectivity index (χ3v) is 6.93. The van der Waals surface area contributed by atoms with Gasteiger partial charge >= 0.3 is 0 Å². The molecule has 3 aromatic rings. The number of rotatable bonds is 6. The summed E-state index contributed by atoms with van der Waals surface area (Å²) in [5.41, 5.74) is 0.893. The van der Waals surface area contributed by atoms with Crippen molar-refractivity contribution in [1.82, 2.24) is 14.9 Å². The van der Waals surface area contributed by atoms with E-state index in [4.69, 9.17) is 35.3 Å².